The van der Waals surface area contributed by atoms with Crippen LogP contribution in [-0.4, -0.2) is 5.11 Å². The van der Waals surface area contributed by atoms with Crippen LogP contribution in [0, 0.1) is 25.5 Å². The van der Waals surface area contributed by atoms with Gasteiger partial charge in [-0.1, -0.05) is 15.9 Å². The van der Waals surface area contributed by atoms with E-state index in [1.54, 1.807) is 0 Å². The second-order valence-electron chi connectivity index (χ2n) is 4.69. The van der Waals surface area contributed by atoms with Crippen LogP contribution in [0.15, 0.2) is 28.7 Å². The Balaban J connectivity index is 2.17. The Morgan fingerprint density at radius 3 is 2.05 bits per heavy atom. The fourth-order valence-electron chi connectivity index (χ4n) is 1.97. The first kappa shape index (κ1) is 14.8. The molecule has 20 heavy (non-hydrogen) atoms. The van der Waals surface area contributed by atoms with Crippen molar-refractivity contribution in [3.8, 4) is 5.75 Å². The quantitative estimate of drug-likeness (QED) is 0.850. The second kappa shape index (κ2) is 5.79. The zero-order valence-corrected chi connectivity index (χ0v) is 12.7. The Kier molecular flexibility index (Phi) is 4.28. The Hall–Kier alpha value is -1.62. The lowest BCUT2D eigenvalue weighted by atomic mass is 10.1. The number of halogens is 3. The van der Waals surface area contributed by atoms with Crippen molar-refractivity contribution in [3.63, 3.8) is 0 Å². The molecule has 0 radical (unpaired) electrons. The number of anilines is 1. The first-order chi connectivity index (χ1) is 9.38. The molecule has 0 saturated heterocycles. The molecule has 2 rings (SSSR count). The maximum absolute atomic E-state index is 13.2. The molecule has 0 bridgehead atoms. The molecular weight excluding hydrogens is 328 g/mol. The maximum atomic E-state index is 13.2. The van der Waals surface area contributed by atoms with Crippen molar-refractivity contribution in [3.05, 3.63) is 57.1 Å². The molecule has 0 fully saturated rings. The van der Waals surface area contributed by atoms with Crippen molar-refractivity contribution >= 4 is 21.6 Å². The summed E-state index contributed by atoms with van der Waals surface area (Å²) in [5, 5.41) is 12.2. The zero-order valence-electron chi connectivity index (χ0n) is 11.1. The van der Waals surface area contributed by atoms with Gasteiger partial charge >= 0.3 is 0 Å². The van der Waals surface area contributed by atoms with E-state index in [1.807, 2.05) is 26.0 Å². The molecule has 5 heteroatoms. The molecule has 0 aromatic heterocycles. The Labute approximate surface area is 124 Å². The minimum atomic E-state index is -0.954. The average molecular weight is 342 g/mol. The average Bonchev–Trinajstić information content (AvgIpc) is 2.39. The van der Waals surface area contributed by atoms with Crippen LogP contribution in [0.5, 0.6) is 5.75 Å². The number of aryl methyl sites for hydroxylation is 2. The lowest BCUT2D eigenvalue weighted by Crippen LogP contribution is -2.02. The van der Waals surface area contributed by atoms with Gasteiger partial charge in [0.05, 0.1) is 0 Å². The van der Waals surface area contributed by atoms with Crippen LogP contribution in [0.4, 0.5) is 14.5 Å². The fraction of sp³-hybridized carbons (Fsp3) is 0.200. The van der Waals surface area contributed by atoms with E-state index in [9.17, 15) is 8.78 Å². The van der Waals surface area contributed by atoms with Crippen LogP contribution in [0.25, 0.3) is 0 Å². The second-order valence-corrected chi connectivity index (χ2v) is 5.48. The molecule has 0 amide bonds. The first-order valence-electron chi connectivity index (χ1n) is 6.06. The third-order valence-corrected chi connectivity index (χ3v) is 4.26. The molecule has 0 unspecified atom stereocenters. The van der Waals surface area contributed by atoms with E-state index in [0.29, 0.717) is 5.56 Å². The third kappa shape index (κ3) is 3.10. The molecule has 0 spiro atoms. The molecule has 0 aliphatic heterocycles. The summed E-state index contributed by atoms with van der Waals surface area (Å²) >= 11 is 3.48. The smallest absolute Gasteiger partial charge is 0.187 e. The summed E-state index contributed by atoms with van der Waals surface area (Å²) in [7, 11) is 0. The molecule has 2 nitrogen and oxygen atoms in total. The number of benzene rings is 2. The van der Waals surface area contributed by atoms with E-state index < -0.39 is 17.4 Å². The van der Waals surface area contributed by atoms with Crippen molar-refractivity contribution in [1.29, 1.82) is 0 Å². The highest BCUT2D eigenvalue weighted by atomic mass is 79.9. The van der Waals surface area contributed by atoms with Gasteiger partial charge in [0.1, 0.15) is 0 Å². The van der Waals surface area contributed by atoms with Gasteiger partial charge in [-0.15, -0.1) is 0 Å². The van der Waals surface area contributed by atoms with Gasteiger partial charge in [-0.05, 0) is 54.8 Å². The van der Waals surface area contributed by atoms with Crippen LogP contribution in [-0.2, 0) is 6.54 Å². The molecule has 0 heterocycles. The summed E-state index contributed by atoms with van der Waals surface area (Å²) in [6, 6.07) is 6.13. The summed E-state index contributed by atoms with van der Waals surface area (Å²) in [6.45, 7) is 4.22. The number of nitrogens with one attached hydrogen (secondary N) is 1. The highest BCUT2D eigenvalue weighted by molar-refractivity contribution is 9.10. The number of phenols is 1. The molecule has 0 saturated carbocycles. The molecular formula is C15H14BrF2NO. The van der Waals surface area contributed by atoms with Gasteiger partial charge in [0.15, 0.2) is 17.4 Å². The van der Waals surface area contributed by atoms with Crippen LogP contribution in [0.3, 0.4) is 0 Å². The third-order valence-electron chi connectivity index (χ3n) is 3.01. The van der Waals surface area contributed by atoms with E-state index in [-0.39, 0.29) is 6.54 Å². The predicted octanol–water partition coefficient (Wildman–Crippen LogP) is 4.66. The van der Waals surface area contributed by atoms with E-state index >= 15 is 0 Å². The summed E-state index contributed by atoms with van der Waals surface area (Å²) in [5.41, 5.74) is 3.46. The molecule has 2 N–H and O–H groups in total. The van der Waals surface area contributed by atoms with Crippen LogP contribution >= 0.6 is 15.9 Å². The molecule has 2 aromatic carbocycles. The number of aromatic hydroxyl groups is 1. The summed E-state index contributed by atoms with van der Waals surface area (Å²) in [6.07, 6.45) is 0. The number of hydrogen-bond acceptors (Lipinski definition) is 2. The van der Waals surface area contributed by atoms with Crippen molar-refractivity contribution in [2.24, 2.45) is 0 Å². The lowest BCUT2D eigenvalue weighted by Gasteiger charge is -2.11. The van der Waals surface area contributed by atoms with Gasteiger partial charge in [-0.2, -0.15) is 0 Å². The van der Waals surface area contributed by atoms with E-state index in [4.69, 9.17) is 5.11 Å². The van der Waals surface area contributed by atoms with Crippen molar-refractivity contribution in [2.75, 3.05) is 5.32 Å². The molecule has 0 aliphatic carbocycles. The van der Waals surface area contributed by atoms with Gasteiger partial charge < -0.3 is 10.4 Å². The van der Waals surface area contributed by atoms with Crippen molar-refractivity contribution in [2.45, 2.75) is 20.4 Å². The zero-order chi connectivity index (χ0) is 14.9. The molecule has 0 aliphatic rings. The van der Waals surface area contributed by atoms with Gasteiger partial charge in [0.25, 0.3) is 0 Å². The largest absolute Gasteiger partial charge is 0.503 e. The molecule has 0 atom stereocenters. The van der Waals surface area contributed by atoms with Crippen molar-refractivity contribution in [1.82, 2.24) is 0 Å². The standard InChI is InChI=1S/C15H14BrF2NO/c1-8-3-11(4-9(2)14(8)16)19-7-10-5-12(17)15(20)13(18)6-10/h3-6,19-20H,7H2,1-2H3. The van der Waals surface area contributed by atoms with Crippen molar-refractivity contribution < 1.29 is 13.9 Å². The maximum Gasteiger partial charge on any atom is 0.187 e. The summed E-state index contributed by atoms with van der Waals surface area (Å²) in [4.78, 5) is 0. The number of hydrogen-bond donors (Lipinski definition) is 2. The predicted molar refractivity (Wildman–Crippen MR) is 79.0 cm³/mol. The Morgan fingerprint density at radius 2 is 1.55 bits per heavy atom. The Morgan fingerprint density at radius 1 is 1.05 bits per heavy atom. The SMILES string of the molecule is Cc1cc(NCc2cc(F)c(O)c(F)c2)cc(C)c1Br. The van der Waals surface area contributed by atoms with Gasteiger partial charge in [0, 0.05) is 16.7 Å². The first-order valence-corrected chi connectivity index (χ1v) is 6.85. The minimum Gasteiger partial charge on any atom is -0.503 e. The van der Waals surface area contributed by atoms with Gasteiger partial charge in [0.2, 0.25) is 0 Å². The van der Waals surface area contributed by atoms with Gasteiger partial charge in [-0.25, -0.2) is 8.78 Å². The lowest BCUT2D eigenvalue weighted by molar-refractivity contribution is 0.395. The monoisotopic (exact) mass is 341 g/mol. The highest BCUT2D eigenvalue weighted by Gasteiger charge is 2.09. The summed E-state index contributed by atoms with van der Waals surface area (Å²) < 4.78 is 27.5. The van der Waals surface area contributed by atoms with E-state index in [2.05, 4.69) is 21.2 Å². The van der Waals surface area contributed by atoms with E-state index in [0.717, 1.165) is 33.4 Å². The normalized spacial score (nSPS) is 10.7. The summed E-state index contributed by atoms with van der Waals surface area (Å²) in [5.74, 6) is -2.85. The number of rotatable bonds is 3. The highest BCUT2D eigenvalue weighted by Crippen LogP contribution is 2.26. The minimum absolute atomic E-state index is 0.272. The topological polar surface area (TPSA) is 32.3 Å². The van der Waals surface area contributed by atoms with Gasteiger partial charge in [-0.3, -0.25) is 0 Å². The fourth-order valence-corrected chi connectivity index (χ4v) is 2.20. The Bertz CT molecular complexity index is 555. The van der Waals surface area contributed by atoms with Crippen LogP contribution < -0.4 is 5.32 Å². The van der Waals surface area contributed by atoms with Crippen LogP contribution in [0.1, 0.15) is 16.7 Å². The molecule has 2 aromatic rings. The number of phenolic OH excluding ortho intramolecular Hbond substituents is 1. The molecule has 106 valence electrons. The van der Waals surface area contributed by atoms with E-state index in [1.165, 1.54) is 0 Å². The van der Waals surface area contributed by atoms with Crippen LogP contribution in [0.2, 0.25) is 0 Å².